The van der Waals surface area contributed by atoms with Gasteiger partial charge in [-0.3, -0.25) is 14.5 Å². The zero-order chi connectivity index (χ0) is 22.4. The van der Waals surface area contributed by atoms with Gasteiger partial charge in [-0.05, 0) is 44.5 Å². The molecule has 0 bridgehead atoms. The van der Waals surface area contributed by atoms with Gasteiger partial charge in [0, 0.05) is 43.0 Å². The Kier molecular flexibility index (Phi) is 7.54. The van der Waals surface area contributed by atoms with Crippen LogP contribution in [-0.2, 0) is 7.05 Å². The number of amides is 1. The van der Waals surface area contributed by atoms with Crippen molar-refractivity contribution in [1.82, 2.24) is 19.7 Å². The lowest BCUT2D eigenvalue weighted by atomic mass is 10.1. The zero-order valence-corrected chi connectivity index (χ0v) is 20.9. The molecule has 1 aliphatic heterocycles. The van der Waals surface area contributed by atoms with Gasteiger partial charge in [-0.2, -0.15) is 18.6 Å². The van der Waals surface area contributed by atoms with Crippen LogP contribution in [0.3, 0.4) is 0 Å². The first-order valence-electron chi connectivity index (χ1n) is 10.5. The van der Waals surface area contributed by atoms with Crippen molar-refractivity contribution in [2.75, 3.05) is 23.3 Å². The Labute approximate surface area is 210 Å². The maximum atomic E-state index is 13.2. The van der Waals surface area contributed by atoms with Crippen molar-refractivity contribution in [3.8, 4) is 11.5 Å². The maximum Gasteiger partial charge on any atom is 0.277 e. The highest BCUT2D eigenvalue weighted by atomic mass is 35.5. The van der Waals surface area contributed by atoms with E-state index in [2.05, 4.69) is 25.3 Å². The number of oxazole rings is 1. The number of rotatable bonds is 4. The van der Waals surface area contributed by atoms with Crippen LogP contribution in [0, 0.1) is 13.8 Å². The smallest absolute Gasteiger partial charge is 0.277 e. The second-order valence-electron chi connectivity index (χ2n) is 8.15. The highest BCUT2D eigenvalue weighted by Gasteiger charge is 2.25. The van der Waals surface area contributed by atoms with Gasteiger partial charge in [0.05, 0.1) is 29.2 Å². The average Bonchev–Trinajstić information content (AvgIpc) is 3.46. The number of halogens is 1. The molecule has 0 spiro atoms. The molecule has 1 aromatic carbocycles. The van der Waals surface area contributed by atoms with Crippen molar-refractivity contribution < 1.29 is 14.3 Å². The number of carbonyl (C=O) groups excluding carboxylic acids is 1. The van der Waals surface area contributed by atoms with Gasteiger partial charge in [-0.1, -0.05) is 0 Å². The van der Waals surface area contributed by atoms with Crippen molar-refractivity contribution in [3.63, 3.8) is 0 Å². The third-order valence-corrected chi connectivity index (χ3v) is 5.77. The van der Waals surface area contributed by atoms with E-state index in [1.54, 1.807) is 30.1 Å². The number of nitrogens with one attached hydrogen (secondary N) is 1. The molecule has 0 radical (unpaired) electrons. The number of fused-ring (bicyclic) bond motifs is 1. The molecule has 2 N–H and O–H groups in total. The van der Waals surface area contributed by atoms with Crippen LogP contribution in [0.4, 0.5) is 11.4 Å². The number of hydrogen-bond donors (Lipinski definition) is 2. The number of benzene rings is 1. The fourth-order valence-electron chi connectivity index (χ4n) is 4.10. The number of β-amino-alcohol motifs (C(OH)–C–C–N with tert-alkyl or cyclic N) is 1. The predicted octanol–water partition coefficient (Wildman–Crippen LogP) is 3.60. The number of aliphatic hydroxyl groups is 1. The van der Waals surface area contributed by atoms with Crippen LogP contribution in [0.5, 0.6) is 0 Å². The highest BCUT2D eigenvalue weighted by Crippen LogP contribution is 2.34. The number of aryl methyl sites for hydroxylation is 3. The van der Waals surface area contributed by atoms with Crippen LogP contribution in [0.2, 0.25) is 0 Å². The average molecular weight is 503 g/mol. The summed E-state index contributed by atoms with van der Waals surface area (Å²) >= 11 is 0. The summed E-state index contributed by atoms with van der Waals surface area (Å²) in [4.78, 5) is 23.9. The molecule has 9 nitrogen and oxygen atoms in total. The number of aliphatic hydroxyl groups excluding tert-OH is 1. The molecule has 0 unspecified atom stereocenters. The first kappa shape index (κ1) is 25.5. The van der Waals surface area contributed by atoms with Crippen LogP contribution in [-0.4, -0.2) is 50.0 Å². The van der Waals surface area contributed by atoms with E-state index in [9.17, 15) is 9.90 Å². The SMILES string of the molecule is Cc1cc(-c2nc(C(=O)Nc3cc4c(cnn4C)cc3N3CC[C@H](O)C3)c(C)o2)ccn1.Cl.S. The number of hydrogen-bond acceptors (Lipinski definition) is 7. The first-order valence-corrected chi connectivity index (χ1v) is 10.5. The summed E-state index contributed by atoms with van der Waals surface area (Å²) in [5, 5.41) is 18.3. The first-order chi connectivity index (χ1) is 15.4. The van der Waals surface area contributed by atoms with Crippen molar-refractivity contribution >= 4 is 54.1 Å². The number of pyridine rings is 1. The van der Waals surface area contributed by atoms with Gasteiger partial charge in [0.15, 0.2) is 5.69 Å². The van der Waals surface area contributed by atoms with E-state index in [4.69, 9.17) is 4.42 Å². The summed E-state index contributed by atoms with van der Waals surface area (Å²) in [6.07, 6.45) is 3.79. The topological polar surface area (TPSA) is 109 Å². The lowest BCUT2D eigenvalue weighted by molar-refractivity contribution is 0.102. The van der Waals surface area contributed by atoms with Crippen molar-refractivity contribution in [2.45, 2.75) is 26.4 Å². The predicted molar refractivity (Wildman–Crippen MR) is 138 cm³/mol. The van der Waals surface area contributed by atoms with E-state index in [-0.39, 0.29) is 43.6 Å². The summed E-state index contributed by atoms with van der Waals surface area (Å²) in [6.45, 7) is 4.84. The van der Waals surface area contributed by atoms with Gasteiger partial charge < -0.3 is 19.7 Å². The fraction of sp³-hybridized carbons (Fsp3) is 0.304. The molecule has 0 aliphatic carbocycles. The van der Waals surface area contributed by atoms with Gasteiger partial charge in [0.2, 0.25) is 5.89 Å². The molecule has 4 heterocycles. The summed E-state index contributed by atoms with van der Waals surface area (Å²) < 4.78 is 7.54. The summed E-state index contributed by atoms with van der Waals surface area (Å²) in [5.41, 5.74) is 4.22. The van der Waals surface area contributed by atoms with Gasteiger partial charge in [-0.15, -0.1) is 12.4 Å². The number of anilines is 2. The summed E-state index contributed by atoms with van der Waals surface area (Å²) in [7, 11) is 1.86. The fourth-order valence-corrected chi connectivity index (χ4v) is 4.10. The van der Waals surface area contributed by atoms with Crippen LogP contribution >= 0.6 is 25.9 Å². The van der Waals surface area contributed by atoms with Gasteiger partial charge in [0.25, 0.3) is 5.91 Å². The lowest BCUT2D eigenvalue weighted by Gasteiger charge is -2.22. The van der Waals surface area contributed by atoms with Crippen LogP contribution in [0.1, 0.15) is 28.4 Å². The minimum absolute atomic E-state index is 0. The summed E-state index contributed by atoms with van der Waals surface area (Å²) in [5.74, 6) is 0.459. The Morgan fingerprint density at radius 1 is 1.26 bits per heavy atom. The molecule has 180 valence electrons. The van der Waals surface area contributed by atoms with Gasteiger partial charge in [0.1, 0.15) is 5.76 Å². The van der Waals surface area contributed by atoms with E-state index in [1.165, 1.54) is 0 Å². The molecule has 1 fully saturated rings. The molecule has 1 saturated heterocycles. The van der Waals surface area contributed by atoms with Crippen molar-refractivity contribution in [1.29, 1.82) is 0 Å². The monoisotopic (exact) mass is 502 g/mol. The molecular weight excluding hydrogens is 476 g/mol. The third-order valence-electron chi connectivity index (χ3n) is 5.77. The van der Waals surface area contributed by atoms with Crippen LogP contribution in [0.25, 0.3) is 22.4 Å². The van der Waals surface area contributed by atoms with Crippen molar-refractivity contribution in [2.24, 2.45) is 7.05 Å². The van der Waals surface area contributed by atoms with E-state index < -0.39 is 0 Å². The number of aromatic nitrogens is 4. The molecule has 0 saturated carbocycles. The van der Waals surface area contributed by atoms with Crippen LogP contribution in [0.15, 0.2) is 41.1 Å². The third kappa shape index (κ3) is 4.75. The Balaban J connectivity index is 0.00000162. The highest BCUT2D eigenvalue weighted by molar-refractivity contribution is 7.59. The molecular formula is C23H27ClN6O3S. The lowest BCUT2D eigenvalue weighted by Crippen LogP contribution is -2.23. The van der Waals surface area contributed by atoms with E-state index >= 15 is 0 Å². The summed E-state index contributed by atoms with van der Waals surface area (Å²) in [6, 6.07) is 7.56. The quantitative estimate of drug-likeness (QED) is 0.438. The largest absolute Gasteiger partial charge is 0.441 e. The molecule has 11 heteroatoms. The Bertz CT molecular complexity index is 1340. The normalized spacial score (nSPS) is 15.2. The van der Waals surface area contributed by atoms with E-state index in [0.29, 0.717) is 36.8 Å². The van der Waals surface area contributed by atoms with E-state index in [1.807, 2.05) is 32.2 Å². The minimum Gasteiger partial charge on any atom is -0.441 e. The van der Waals surface area contributed by atoms with Crippen LogP contribution < -0.4 is 10.2 Å². The molecule has 34 heavy (non-hydrogen) atoms. The Morgan fingerprint density at radius 3 is 2.76 bits per heavy atom. The zero-order valence-electron chi connectivity index (χ0n) is 19.1. The Hall–Kier alpha value is -3.08. The number of nitrogens with zero attached hydrogens (tertiary/aromatic N) is 5. The van der Waals surface area contributed by atoms with E-state index in [0.717, 1.165) is 27.8 Å². The molecule has 4 aromatic rings. The molecule has 3 aromatic heterocycles. The molecule has 1 aliphatic rings. The molecule has 1 atom stereocenters. The second-order valence-corrected chi connectivity index (χ2v) is 8.15. The van der Waals surface area contributed by atoms with Gasteiger partial charge >= 0.3 is 0 Å². The standard InChI is InChI=1S/C23H24N6O3.ClH.H2S/c1-13-8-15(4-6-24-13)23-27-21(14(2)32-23)22(31)26-18-10-19-16(11-25-28(19)3)9-20(18)29-7-5-17(30)12-29;;/h4,6,8-11,17,30H,5,7,12H2,1-3H3,(H,26,31);1H;1H2/t17-;;/m0../s1. The Morgan fingerprint density at radius 2 is 2.06 bits per heavy atom. The molecule has 5 rings (SSSR count). The minimum atomic E-state index is -0.382. The maximum absolute atomic E-state index is 13.2. The second kappa shape index (κ2) is 10.0. The molecule has 1 amide bonds. The number of carbonyl (C=O) groups is 1. The van der Waals surface area contributed by atoms with Gasteiger partial charge in [-0.25, -0.2) is 4.98 Å². The van der Waals surface area contributed by atoms with Crippen molar-refractivity contribution in [3.05, 3.63) is 53.8 Å².